The molecule has 1 heterocycles. The minimum Gasteiger partial charge on any atom is -0.466 e. The van der Waals surface area contributed by atoms with Crippen molar-refractivity contribution in [2.75, 3.05) is 6.61 Å². The molecule has 150 valence electrons. The van der Waals surface area contributed by atoms with Crippen LogP contribution in [0.2, 0.25) is 25.7 Å². The van der Waals surface area contributed by atoms with Crippen molar-refractivity contribution in [1.82, 2.24) is 15.0 Å². The lowest BCUT2D eigenvalue weighted by Crippen LogP contribution is -2.34. The third-order valence-electron chi connectivity index (χ3n) is 5.42. The summed E-state index contributed by atoms with van der Waals surface area (Å²) in [6.45, 7) is 7.31. The van der Waals surface area contributed by atoms with E-state index in [4.69, 9.17) is 4.74 Å². The van der Waals surface area contributed by atoms with Crippen molar-refractivity contribution in [3.63, 3.8) is 0 Å². The van der Waals surface area contributed by atoms with E-state index in [0.717, 1.165) is 12.3 Å². The lowest BCUT2D eigenvalue weighted by Gasteiger charge is -2.22. The van der Waals surface area contributed by atoms with Crippen LogP contribution in [0.5, 0.6) is 0 Å². The molecule has 7 nitrogen and oxygen atoms in total. The zero-order valence-corrected chi connectivity index (χ0v) is 17.6. The molecule has 1 aliphatic rings. The Labute approximate surface area is 165 Å². The van der Waals surface area contributed by atoms with Gasteiger partial charge in [0.15, 0.2) is 0 Å². The minimum absolute atomic E-state index is 0.164. The Bertz CT molecular complexity index is 922. The molecule has 0 amide bonds. The highest BCUT2D eigenvalue weighted by atomic mass is 28.3. The zero-order chi connectivity index (χ0) is 20.3. The summed E-state index contributed by atoms with van der Waals surface area (Å²) in [5.41, 5.74) is 0.314. The molecule has 3 atom stereocenters. The van der Waals surface area contributed by atoms with Crippen molar-refractivity contribution in [2.24, 2.45) is 17.8 Å². The average molecular weight is 402 g/mol. The number of benzene rings is 1. The highest BCUT2D eigenvalue weighted by Crippen LogP contribution is 2.37. The Morgan fingerprint density at radius 3 is 2.75 bits per heavy atom. The van der Waals surface area contributed by atoms with E-state index in [0.29, 0.717) is 30.4 Å². The van der Waals surface area contributed by atoms with E-state index in [1.54, 1.807) is 24.3 Å². The summed E-state index contributed by atoms with van der Waals surface area (Å²) in [5.74, 6) is -1.39. The first-order chi connectivity index (χ1) is 13.3. The van der Waals surface area contributed by atoms with E-state index in [-0.39, 0.29) is 29.9 Å². The first-order valence-corrected chi connectivity index (χ1v) is 13.5. The molecule has 1 aromatic carbocycles. The monoisotopic (exact) mass is 401 g/mol. The van der Waals surface area contributed by atoms with Gasteiger partial charge in [-0.25, -0.2) is 4.68 Å². The number of aromatic nitrogens is 3. The number of ether oxygens (including phenoxy) is 1. The maximum absolute atomic E-state index is 12.7. The maximum atomic E-state index is 12.7. The first-order valence-electron chi connectivity index (χ1n) is 9.74. The van der Waals surface area contributed by atoms with Gasteiger partial charge in [0.05, 0.1) is 24.5 Å². The van der Waals surface area contributed by atoms with Gasteiger partial charge in [0, 0.05) is 14.0 Å². The van der Waals surface area contributed by atoms with Gasteiger partial charge in [-0.15, -0.1) is 5.10 Å². The summed E-state index contributed by atoms with van der Waals surface area (Å²) in [4.78, 5) is 36.9. The molecule has 28 heavy (non-hydrogen) atoms. The van der Waals surface area contributed by atoms with Gasteiger partial charge in [-0.1, -0.05) is 37.0 Å². The molecule has 8 heteroatoms. The number of carbonyl (C=O) groups excluding carboxylic acids is 2. The second-order valence-electron chi connectivity index (χ2n) is 8.74. The van der Waals surface area contributed by atoms with Gasteiger partial charge >= 0.3 is 5.97 Å². The third kappa shape index (κ3) is 4.55. The van der Waals surface area contributed by atoms with Crippen molar-refractivity contribution in [3.05, 3.63) is 34.6 Å². The van der Waals surface area contributed by atoms with E-state index in [9.17, 15) is 14.4 Å². The molecule has 1 aliphatic carbocycles. The average Bonchev–Trinajstić information content (AvgIpc) is 3.06. The first kappa shape index (κ1) is 20.4. The van der Waals surface area contributed by atoms with Crippen LogP contribution in [0.4, 0.5) is 0 Å². The topological polar surface area (TPSA) is 91.2 Å². The standard InChI is InChI=1S/C20H27N3O4Si/c1-28(2,3)11-10-27-20(26)18-14(8-9-15(18)13-24)12-23-19(25)16-6-4-5-7-17(16)21-22-23/h4-7,13-15,18H,8-12H2,1-3H3/t14-,15+,18-/m1/s1. The number of aldehydes is 1. The van der Waals surface area contributed by atoms with E-state index >= 15 is 0 Å². The highest BCUT2D eigenvalue weighted by Gasteiger charge is 2.42. The number of nitrogens with zero attached hydrogens (tertiary/aromatic N) is 3. The molecule has 0 N–H and O–H groups in total. The molecule has 1 fully saturated rings. The maximum Gasteiger partial charge on any atom is 0.309 e. The Morgan fingerprint density at radius 2 is 2.04 bits per heavy atom. The molecule has 0 aliphatic heterocycles. The van der Waals surface area contributed by atoms with Crippen LogP contribution in [0.3, 0.4) is 0 Å². The summed E-state index contributed by atoms with van der Waals surface area (Å²) in [7, 11) is -1.31. The smallest absolute Gasteiger partial charge is 0.309 e. The van der Waals surface area contributed by atoms with Gasteiger partial charge in [0.25, 0.3) is 5.56 Å². The second-order valence-corrected chi connectivity index (χ2v) is 14.4. The molecule has 0 radical (unpaired) electrons. The van der Waals surface area contributed by atoms with Gasteiger partial charge in [0.1, 0.15) is 11.8 Å². The van der Waals surface area contributed by atoms with Crippen molar-refractivity contribution < 1.29 is 14.3 Å². The molecular formula is C20H27N3O4Si. The number of rotatable bonds is 7. The molecule has 0 saturated heterocycles. The lowest BCUT2D eigenvalue weighted by molar-refractivity contribution is -0.152. The summed E-state index contributed by atoms with van der Waals surface area (Å²) >= 11 is 0. The van der Waals surface area contributed by atoms with Gasteiger partial charge < -0.3 is 9.53 Å². The molecular weight excluding hydrogens is 374 g/mol. The molecule has 0 unspecified atom stereocenters. The van der Waals surface area contributed by atoms with Crippen LogP contribution in [0.25, 0.3) is 10.9 Å². The zero-order valence-electron chi connectivity index (χ0n) is 16.6. The van der Waals surface area contributed by atoms with Crippen LogP contribution < -0.4 is 5.56 Å². The van der Waals surface area contributed by atoms with E-state index in [2.05, 4.69) is 30.0 Å². The Morgan fingerprint density at radius 1 is 1.29 bits per heavy atom. The van der Waals surface area contributed by atoms with E-state index in [1.165, 1.54) is 4.68 Å². The van der Waals surface area contributed by atoms with E-state index < -0.39 is 14.0 Å². The quantitative estimate of drug-likeness (QED) is 0.402. The van der Waals surface area contributed by atoms with Crippen LogP contribution in [0.15, 0.2) is 29.1 Å². The summed E-state index contributed by atoms with van der Waals surface area (Å²) in [5, 5.41) is 8.63. The summed E-state index contributed by atoms with van der Waals surface area (Å²) < 4.78 is 6.82. The number of hydrogen-bond acceptors (Lipinski definition) is 6. The fourth-order valence-electron chi connectivity index (χ4n) is 3.76. The summed E-state index contributed by atoms with van der Waals surface area (Å²) in [6.07, 6.45) is 2.15. The Balaban J connectivity index is 1.77. The molecule has 1 aromatic heterocycles. The fourth-order valence-corrected chi connectivity index (χ4v) is 4.47. The van der Waals surface area contributed by atoms with Crippen LogP contribution in [0.1, 0.15) is 12.8 Å². The highest BCUT2D eigenvalue weighted by molar-refractivity contribution is 6.76. The minimum atomic E-state index is -1.31. The van der Waals surface area contributed by atoms with Crippen molar-refractivity contribution in [1.29, 1.82) is 0 Å². The Hall–Kier alpha value is -2.35. The number of fused-ring (bicyclic) bond motifs is 1. The predicted molar refractivity (Wildman–Crippen MR) is 109 cm³/mol. The molecule has 0 spiro atoms. The molecule has 0 bridgehead atoms. The van der Waals surface area contributed by atoms with Gasteiger partial charge in [-0.05, 0) is 36.9 Å². The van der Waals surface area contributed by atoms with Gasteiger partial charge in [-0.3, -0.25) is 9.59 Å². The Kier molecular flexibility index (Phi) is 6.07. The fraction of sp³-hybridized carbons (Fsp3) is 0.550. The van der Waals surface area contributed by atoms with Crippen LogP contribution in [0, 0.1) is 17.8 Å². The van der Waals surface area contributed by atoms with Crippen molar-refractivity contribution in [3.8, 4) is 0 Å². The van der Waals surface area contributed by atoms with E-state index in [1.807, 2.05) is 0 Å². The lowest BCUT2D eigenvalue weighted by atomic mass is 9.90. The SMILES string of the molecule is C[Si](C)(C)CCOC(=O)[C@@H]1[C@@H](Cn2nnc3ccccc3c2=O)CC[C@H]1C=O. The van der Waals surface area contributed by atoms with Crippen LogP contribution >= 0.6 is 0 Å². The second kappa shape index (κ2) is 8.34. The number of esters is 1. The predicted octanol–water partition coefficient (Wildman–Crippen LogP) is 2.51. The number of hydrogen-bond donors (Lipinski definition) is 0. The van der Waals surface area contributed by atoms with Crippen molar-refractivity contribution >= 4 is 31.2 Å². The molecule has 2 aromatic rings. The summed E-state index contributed by atoms with van der Waals surface area (Å²) in [6, 6.07) is 7.93. The molecule has 1 saturated carbocycles. The van der Waals surface area contributed by atoms with Gasteiger partial charge in [-0.2, -0.15) is 0 Å². The largest absolute Gasteiger partial charge is 0.466 e. The normalized spacial score (nSPS) is 22.3. The van der Waals surface area contributed by atoms with Crippen LogP contribution in [-0.2, 0) is 20.9 Å². The van der Waals surface area contributed by atoms with Crippen LogP contribution in [-0.4, -0.2) is 41.9 Å². The van der Waals surface area contributed by atoms with Crippen molar-refractivity contribution in [2.45, 2.75) is 45.1 Å². The molecule has 3 rings (SSSR count). The van der Waals surface area contributed by atoms with Gasteiger partial charge in [0.2, 0.25) is 0 Å². The number of carbonyl (C=O) groups is 2. The third-order valence-corrected chi connectivity index (χ3v) is 7.12.